The Morgan fingerprint density at radius 3 is 2.38 bits per heavy atom. The molecule has 3 N–H and O–H groups in total. The average Bonchev–Trinajstić information content (AvgIpc) is 2.44. The fourth-order valence-corrected chi connectivity index (χ4v) is 2.70. The molecule has 5 nitrogen and oxygen atoms in total. The van der Waals surface area contributed by atoms with E-state index in [-0.39, 0.29) is 30.4 Å². The lowest BCUT2D eigenvalue weighted by atomic mass is 9.87. The minimum atomic E-state index is -0.169. The molecule has 1 saturated carbocycles. The van der Waals surface area contributed by atoms with Crippen molar-refractivity contribution in [2.75, 3.05) is 19.7 Å². The zero-order chi connectivity index (χ0) is 15.7. The minimum Gasteiger partial charge on any atom is -0.396 e. The van der Waals surface area contributed by atoms with Crippen LogP contribution in [0.4, 0.5) is 0 Å². The molecule has 0 spiro atoms. The first-order valence-electron chi connectivity index (χ1n) is 8.07. The second kappa shape index (κ2) is 9.03. The molecule has 0 aromatic carbocycles. The van der Waals surface area contributed by atoms with Gasteiger partial charge in [0.2, 0.25) is 11.8 Å². The first kappa shape index (κ1) is 18.0. The summed E-state index contributed by atoms with van der Waals surface area (Å²) in [5, 5.41) is 14.4. The van der Waals surface area contributed by atoms with Crippen molar-refractivity contribution in [3.63, 3.8) is 0 Å². The van der Waals surface area contributed by atoms with Gasteiger partial charge in [0.1, 0.15) is 0 Å². The van der Waals surface area contributed by atoms with E-state index in [2.05, 4.69) is 10.6 Å². The van der Waals surface area contributed by atoms with Gasteiger partial charge in [-0.15, -0.1) is 0 Å². The van der Waals surface area contributed by atoms with E-state index in [9.17, 15) is 9.59 Å². The highest BCUT2D eigenvalue weighted by atomic mass is 16.3. The van der Waals surface area contributed by atoms with Crippen LogP contribution in [0.15, 0.2) is 0 Å². The molecular weight excluding hydrogens is 268 g/mol. The highest BCUT2D eigenvalue weighted by molar-refractivity contribution is 5.84. The molecule has 0 bridgehead atoms. The molecule has 1 aliphatic carbocycles. The molecule has 1 fully saturated rings. The van der Waals surface area contributed by atoms with E-state index in [4.69, 9.17) is 5.11 Å². The topological polar surface area (TPSA) is 78.4 Å². The Morgan fingerprint density at radius 2 is 1.76 bits per heavy atom. The molecule has 1 rings (SSSR count). The number of carbonyl (C=O) groups excluding carboxylic acids is 2. The second-order valence-electron chi connectivity index (χ2n) is 6.90. The van der Waals surface area contributed by atoms with Gasteiger partial charge in [0.15, 0.2) is 0 Å². The van der Waals surface area contributed by atoms with Gasteiger partial charge in [-0.05, 0) is 30.6 Å². The summed E-state index contributed by atoms with van der Waals surface area (Å²) in [6.07, 6.45) is 7.18. The van der Waals surface area contributed by atoms with E-state index in [0.717, 1.165) is 12.8 Å². The molecule has 0 unspecified atom stereocenters. The van der Waals surface area contributed by atoms with Gasteiger partial charge < -0.3 is 15.7 Å². The molecule has 0 aromatic rings. The number of aliphatic hydroxyl groups excluding tert-OH is 1. The lowest BCUT2D eigenvalue weighted by Gasteiger charge is -2.24. The van der Waals surface area contributed by atoms with Gasteiger partial charge >= 0.3 is 0 Å². The highest BCUT2D eigenvalue weighted by Crippen LogP contribution is 2.25. The number of nitrogens with one attached hydrogen (secondary N) is 2. The normalized spacial score (nSPS) is 16.5. The largest absolute Gasteiger partial charge is 0.396 e. The third kappa shape index (κ3) is 8.05. The first-order valence-corrected chi connectivity index (χ1v) is 8.07. The van der Waals surface area contributed by atoms with Crippen molar-refractivity contribution in [1.82, 2.24) is 10.6 Å². The van der Waals surface area contributed by atoms with Gasteiger partial charge in [0, 0.05) is 19.6 Å². The molecular formula is C16H30N2O3. The monoisotopic (exact) mass is 298 g/mol. The highest BCUT2D eigenvalue weighted by Gasteiger charge is 2.19. The number of aliphatic hydroxyl groups is 1. The summed E-state index contributed by atoms with van der Waals surface area (Å²) >= 11 is 0. The van der Waals surface area contributed by atoms with Crippen molar-refractivity contribution >= 4 is 11.8 Å². The number of rotatable bonds is 8. The number of hydrogen-bond donors (Lipinski definition) is 3. The fourth-order valence-electron chi connectivity index (χ4n) is 2.70. The minimum absolute atomic E-state index is 0.0216. The maximum Gasteiger partial charge on any atom is 0.239 e. The molecule has 0 radical (unpaired) electrons. The van der Waals surface area contributed by atoms with Crippen LogP contribution in [0.1, 0.15) is 58.8 Å². The molecule has 122 valence electrons. The lowest BCUT2D eigenvalue weighted by molar-refractivity contribution is -0.127. The van der Waals surface area contributed by atoms with Crippen LogP contribution in [0.25, 0.3) is 0 Å². The van der Waals surface area contributed by atoms with E-state index >= 15 is 0 Å². The molecule has 0 heterocycles. The smallest absolute Gasteiger partial charge is 0.239 e. The summed E-state index contributed by atoms with van der Waals surface area (Å²) in [4.78, 5) is 23.5. The zero-order valence-corrected chi connectivity index (χ0v) is 13.4. The summed E-state index contributed by atoms with van der Waals surface area (Å²) < 4.78 is 0. The van der Waals surface area contributed by atoms with Crippen molar-refractivity contribution in [2.24, 2.45) is 11.3 Å². The Balaban J connectivity index is 2.15. The standard InChI is InChI=1S/C16H30N2O3/c1-16(2,8-9-19)12-18-15(21)11-17-14(20)10-13-6-4-3-5-7-13/h13,19H,3-12H2,1-2H3,(H,17,20)(H,18,21). The van der Waals surface area contributed by atoms with Crippen LogP contribution >= 0.6 is 0 Å². The van der Waals surface area contributed by atoms with Crippen LogP contribution in [-0.4, -0.2) is 36.6 Å². The number of hydrogen-bond acceptors (Lipinski definition) is 3. The van der Waals surface area contributed by atoms with Gasteiger partial charge in [-0.2, -0.15) is 0 Å². The van der Waals surface area contributed by atoms with E-state index in [1.807, 2.05) is 13.8 Å². The number of amides is 2. The molecule has 0 saturated heterocycles. The Kier molecular flexibility index (Phi) is 7.72. The van der Waals surface area contributed by atoms with Crippen molar-refractivity contribution in [1.29, 1.82) is 0 Å². The summed E-state index contributed by atoms with van der Waals surface area (Å²) in [6, 6.07) is 0. The first-order chi connectivity index (χ1) is 9.93. The van der Waals surface area contributed by atoms with Crippen LogP contribution in [0.3, 0.4) is 0 Å². The molecule has 21 heavy (non-hydrogen) atoms. The second-order valence-corrected chi connectivity index (χ2v) is 6.90. The molecule has 5 heteroatoms. The Hall–Kier alpha value is -1.10. The van der Waals surface area contributed by atoms with Crippen molar-refractivity contribution < 1.29 is 14.7 Å². The third-order valence-electron chi connectivity index (χ3n) is 4.20. The summed E-state index contributed by atoms with van der Waals surface area (Å²) in [7, 11) is 0. The Bertz CT molecular complexity index is 336. The average molecular weight is 298 g/mol. The Morgan fingerprint density at radius 1 is 1.10 bits per heavy atom. The van der Waals surface area contributed by atoms with Crippen molar-refractivity contribution in [3.05, 3.63) is 0 Å². The van der Waals surface area contributed by atoms with Crippen LogP contribution in [-0.2, 0) is 9.59 Å². The fraction of sp³-hybridized carbons (Fsp3) is 0.875. The van der Waals surface area contributed by atoms with Crippen LogP contribution in [0, 0.1) is 11.3 Å². The predicted molar refractivity (Wildman–Crippen MR) is 82.7 cm³/mol. The van der Waals surface area contributed by atoms with Crippen LogP contribution in [0.5, 0.6) is 0 Å². The Labute approximate surface area is 127 Å². The maximum absolute atomic E-state index is 11.8. The molecule has 2 amide bonds. The van der Waals surface area contributed by atoms with Crippen LogP contribution < -0.4 is 10.6 Å². The maximum atomic E-state index is 11.8. The van der Waals surface area contributed by atoms with E-state index in [1.165, 1.54) is 19.3 Å². The van der Waals surface area contributed by atoms with Crippen molar-refractivity contribution in [2.45, 2.75) is 58.8 Å². The molecule has 0 atom stereocenters. The van der Waals surface area contributed by atoms with E-state index in [0.29, 0.717) is 25.3 Å². The van der Waals surface area contributed by atoms with Gasteiger partial charge in [0.25, 0.3) is 0 Å². The van der Waals surface area contributed by atoms with Gasteiger partial charge in [-0.3, -0.25) is 9.59 Å². The number of carbonyl (C=O) groups is 2. The quantitative estimate of drug-likeness (QED) is 0.637. The third-order valence-corrected chi connectivity index (χ3v) is 4.20. The summed E-state index contributed by atoms with van der Waals surface area (Å²) in [5.41, 5.74) is -0.128. The van der Waals surface area contributed by atoms with Gasteiger partial charge in [-0.1, -0.05) is 33.1 Å². The van der Waals surface area contributed by atoms with E-state index < -0.39 is 0 Å². The lowest BCUT2D eigenvalue weighted by Crippen LogP contribution is -2.41. The van der Waals surface area contributed by atoms with Gasteiger partial charge in [-0.25, -0.2) is 0 Å². The SMILES string of the molecule is CC(C)(CCO)CNC(=O)CNC(=O)CC1CCCCC1. The van der Waals surface area contributed by atoms with Crippen LogP contribution in [0.2, 0.25) is 0 Å². The predicted octanol–water partition coefficient (Wildman–Crippen LogP) is 1.60. The molecule has 0 aliphatic heterocycles. The molecule has 0 aromatic heterocycles. The molecule has 1 aliphatic rings. The zero-order valence-electron chi connectivity index (χ0n) is 13.4. The summed E-state index contributed by atoms with van der Waals surface area (Å²) in [6.45, 7) is 4.64. The van der Waals surface area contributed by atoms with Crippen molar-refractivity contribution in [3.8, 4) is 0 Å². The summed E-state index contributed by atoms with van der Waals surface area (Å²) in [5.74, 6) is 0.301. The van der Waals surface area contributed by atoms with E-state index in [1.54, 1.807) is 0 Å². The van der Waals surface area contributed by atoms with Gasteiger partial charge in [0.05, 0.1) is 6.54 Å².